The summed E-state index contributed by atoms with van der Waals surface area (Å²) in [6.07, 6.45) is -5.13. The van der Waals surface area contributed by atoms with Gasteiger partial charge in [0.15, 0.2) is 0 Å². The van der Waals surface area contributed by atoms with Crippen molar-refractivity contribution in [1.82, 2.24) is 0 Å². The monoisotopic (exact) mass is 280 g/mol. The molecule has 9 heteroatoms. The highest BCUT2D eigenvalue weighted by Gasteiger charge is 2.36. The largest absolute Gasteiger partial charge is 0.419 e. The van der Waals surface area contributed by atoms with Gasteiger partial charge in [0.25, 0.3) is 9.05 Å². The molecule has 0 atom stereocenters. The lowest BCUT2D eigenvalue weighted by atomic mass is 10.2. The summed E-state index contributed by atoms with van der Waals surface area (Å²) in [5.41, 5.74) is -1.90. The third-order valence-corrected chi connectivity index (χ3v) is 2.93. The Morgan fingerprint density at radius 2 is 1.56 bits per heavy atom. The fourth-order valence-corrected chi connectivity index (χ4v) is 1.84. The molecule has 0 unspecified atom stereocenters. The van der Waals surface area contributed by atoms with Crippen LogP contribution in [0.15, 0.2) is 17.0 Å². The third kappa shape index (κ3) is 2.62. The van der Waals surface area contributed by atoms with Crippen molar-refractivity contribution in [1.29, 1.82) is 0 Å². The first-order valence-electron chi connectivity index (χ1n) is 3.54. The minimum Gasteiger partial charge on any atom is -0.207 e. The lowest BCUT2D eigenvalue weighted by molar-refractivity contribution is -0.140. The van der Waals surface area contributed by atoms with Crippen LogP contribution in [0, 0.1) is 11.6 Å². The lowest BCUT2D eigenvalue weighted by Crippen LogP contribution is -2.10. The van der Waals surface area contributed by atoms with Crippen molar-refractivity contribution in [3.63, 3.8) is 0 Å². The van der Waals surface area contributed by atoms with E-state index in [1.165, 1.54) is 0 Å². The minimum atomic E-state index is -5.13. The molecule has 0 radical (unpaired) electrons. The quantitative estimate of drug-likeness (QED) is 0.585. The van der Waals surface area contributed by atoms with Crippen molar-refractivity contribution in [3.8, 4) is 0 Å². The van der Waals surface area contributed by atoms with Gasteiger partial charge in [-0.3, -0.25) is 0 Å². The second kappa shape index (κ2) is 3.85. The van der Waals surface area contributed by atoms with Gasteiger partial charge in [0, 0.05) is 16.7 Å². The second-order valence-corrected chi connectivity index (χ2v) is 5.23. The summed E-state index contributed by atoms with van der Waals surface area (Å²) in [5, 5.41) is 0. The highest BCUT2D eigenvalue weighted by atomic mass is 35.7. The van der Waals surface area contributed by atoms with E-state index in [2.05, 4.69) is 10.7 Å². The zero-order valence-corrected chi connectivity index (χ0v) is 8.72. The molecule has 0 N–H and O–H groups in total. The van der Waals surface area contributed by atoms with Crippen LogP contribution in [0.5, 0.6) is 0 Å². The topological polar surface area (TPSA) is 34.1 Å². The minimum absolute atomic E-state index is 0.182. The second-order valence-electron chi connectivity index (χ2n) is 2.70. The zero-order chi connectivity index (χ0) is 12.7. The van der Waals surface area contributed by atoms with E-state index in [4.69, 9.17) is 0 Å². The predicted octanol–water partition coefficient (Wildman–Crippen LogP) is 2.91. The smallest absolute Gasteiger partial charge is 0.207 e. The van der Waals surface area contributed by atoms with Gasteiger partial charge >= 0.3 is 6.18 Å². The van der Waals surface area contributed by atoms with E-state index in [1.807, 2.05) is 0 Å². The Bertz CT molecular complexity index is 522. The van der Waals surface area contributed by atoms with Crippen LogP contribution in [-0.2, 0) is 15.2 Å². The van der Waals surface area contributed by atoms with Crippen LogP contribution in [0.25, 0.3) is 0 Å². The average Bonchev–Trinajstić information content (AvgIpc) is 1.97. The third-order valence-electron chi connectivity index (χ3n) is 1.59. The summed E-state index contributed by atoms with van der Waals surface area (Å²) in [6, 6.07) is -0.370. The normalized spacial score (nSPS) is 12.9. The fourth-order valence-electron chi connectivity index (χ4n) is 0.933. The Labute approximate surface area is 91.1 Å². The highest BCUT2D eigenvalue weighted by Crippen LogP contribution is 2.34. The lowest BCUT2D eigenvalue weighted by Gasteiger charge is -2.09. The average molecular weight is 281 g/mol. The predicted molar refractivity (Wildman–Crippen MR) is 44.4 cm³/mol. The van der Waals surface area contributed by atoms with Crippen LogP contribution < -0.4 is 0 Å². The first kappa shape index (κ1) is 13.2. The van der Waals surface area contributed by atoms with Gasteiger partial charge in [0.1, 0.15) is 16.5 Å². The molecule has 1 aromatic carbocycles. The summed E-state index contributed by atoms with van der Waals surface area (Å²) in [4.78, 5) is -1.41. The van der Waals surface area contributed by atoms with E-state index in [9.17, 15) is 30.4 Å². The Kier molecular flexibility index (Phi) is 3.17. The number of halogens is 6. The summed E-state index contributed by atoms with van der Waals surface area (Å²) in [7, 11) is -0.0218. The van der Waals surface area contributed by atoms with E-state index in [-0.39, 0.29) is 12.1 Å². The molecule has 0 aliphatic rings. The van der Waals surface area contributed by atoms with E-state index in [0.29, 0.717) is 0 Å². The van der Waals surface area contributed by atoms with E-state index < -0.39 is 37.3 Å². The summed E-state index contributed by atoms with van der Waals surface area (Å²) < 4.78 is 83.4. The fraction of sp³-hybridized carbons (Fsp3) is 0.143. The molecule has 90 valence electrons. The first-order chi connectivity index (χ1) is 7.03. The van der Waals surface area contributed by atoms with Crippen LogP contribution in [0.1, 0.15) is 5.56 Å². The maximum Gasteiger partial charge on any atom is 0.419 e. The maximum atomic E-state index is 12.8. The van der Waals surface area contributed by atoms with E-state index in [0.717, 1.165) is 0 Å². The summed E-state index contributed by atoms with van der Waals surface area (Å²) >= 11 is 0. The van der Waals surface area contributed by atoms with Crippen molar-refractivity contribution in [2.75, 3.05) is 0 Å². The molecule has 0 aliphatic heterocycles. The molecular formula is C7H2ClF5O2S. The van der Waals surface area contributed by atoms with Crippen molar-refractivity contribution in [2.45, 2.75) is 11.1 Å². The molecule has 0 bridgehead atoms. The van der Waals surface area contributed by atoms with Crippen molar-refractivity contribution >= 4 is 19.7 Å². The number of hydrogen-bond acceptors (Lipinski definition) is 2. The van der Waals surface area contributed by atoms with Crippen LogP contribution in [0.4, 0.5) is 22.0 Å². The number of alkyl halides is 3. The Hall–Kier alpha value is -0.890. The summed E-state index contributed by atoms with van der Waals surface area (Å²) in [5.74, 6) is -3.59. The van der Waals surface area contributed by atoms with Gasteiger partial charge < -0.3 is 0 Å². The Morgan fingerprint density at radius 1 is 1.06 bits per heavy atom. The Morgan fingerprint density at radius 3 is 1.94 bits per heavy atom. The molecular weight excluding hydrogens is 279 g/mol. The molecule has 0 heterocycles. The molecule has 0 saturated heterocycles. The standard InChI is InChI=1S/C7H2ClF5O2S/c8-16(14,15)6-1-3(7(11,12)13)4(9)2-5(6)10/h1-2H. The number of hydrogen-bond donors (Lipinski definition) is 0. The van der Waals surface area contributed by atoms with Crippen molar-refractivity contribution in [3.05, 3.63) is 29.3 Å². The number of rotatable bonds is 1. The zero-order valence-electron chi connectivity index (χ0n) is 7.15. The van der Waals surface area contributed by atoms with E-state index >= 15 is 0 Å². The van der Waals surface area contributed by atoms with Crippen LogP contribution >= 0.6 is 10.7 Å². The van der Waals surface area contributed by atoms with E-state index in [1.54, 1.807) is 0 Å². The van der Waals surface area contributed by atoms with Gasteiger partial charge in [-0.2, -0.15) is 13.2 Å². The van der Waals surface area contributed by atoms with Gasteiger partial charge in [-0.1, -0.05) is 0 Å². The molecule has 0 fully saturated rings. The first-order valence-corrected chi connectivity index (χ1v) is 5.85. The van der Waals surface area contributed by atoms with Crippen LogP contribution in [-0.4, -0.2) is 8.42 Å². The molecule has 16 heavy (non-hydrogen) atoms. The van der Waals surface area contributed by atoms with Crippen LogP contribution in [0.2, 0.25) is 0 Å². The molecule has 0 amide bonds. The molecule has 0 spiro atoms. The maximum absolute atomic E-state index is 12.8. The van der Waals surface area contributed by atoms with Gasteiger partial charge in [-0.25, -0.2) is 17.2 Å². The van der Waals surface area contributed by atoms with Crippen LogP contribution in [0.3, 0.4) is 0 Å². The SMILES string of the molecule is O=S(=O)(Cl)c1cc(C(F)(F)F)c(F)cc1F. The van der Waals surface area contributed by atoms with Crippen molar-refractivity contribution in [2.24, 2.45) is 0 Å². The Balaban J connectivity index is 3.58. The molecule has 0 aromatic heterocycles. The summed E-state index contributed by atoms with van der Waals surface area (Å²) in [6.45, 7) is 0. The molecule has 0 aliphatic carbocycles. The molecule has 2 nitrogen and oxygen atoms in total. The highest BCUT2D eigenvalue weighted by molar-refractivity contribution is 8.13. The van der Waals surface area contributed by atoms with Crippen molar-refractivity contribution < 1.29 is 30.4 Å². The van der Waals surface area contributed by atoms with Gasteiger partial charge in [0.2, 0.25) is 0 Å². The van der Waals surface area contributed by atoms with Gasteiger partial charge in [-0.05, 0) is 6.07 Å². The number of benzene rings is 1. The molecule has 1 rings (SSSR count). The molecule has 1 aromatic rings. The van der Waals surface area contributed by atoms with Gasteiger partial charge in [-0.15, -0.1) is 0 Å². The molecule has 0 saturated carbocycles. The van der Waals surface area contributed by atoms with Gasteiger partial charge in [0.05, 0.1) is 5.56 Å².